The fourth-order valence-electron chi connectivity index (χ4n) is 4.34. The van der Waals surface area contributed by atoms with Gasteiger partial charge >= 0.3 is 0 Å². The molecule has 0 unspecified atom stereocenters. The number of rotatable bonds is 4. The highest BCUT2D eigenvalue weighted by Gasteiger charge is 2.45. The molecule has 3 rings (SSSR count). The molecule has 1 aromatic heterocycles. The number of likely N-dealkylation sites (N-methyl/N-ethyl adjacent to an activating group) is 1. The van der Waals surface area contributed by atoms with Crippen molar-refractivity contribution in [1.29, 1.82) is 0 Å². The topological polar surface area (TPSA) is 42.2 Å². The molecule has 2 aliphatic carbocycles. The Hall–Kier alpha value is -0.450. The standard InChI is InChI=1S/C16H27N3S/c1-19(10-14-11-20-13-18-14)16(12-17)8-6-15(7-9-16)4-2-3-5-15/h11,13H,2-10,12,17H2,1H3. The van der Waals surface area contributed by atoms with Gasteiger partial charge in [0.1, 0.15) is 0 Å². The van der Waals surface area contributed by atoms with E-state index in [9.17, 15) is 0 Å². The third-order valence-electron chi connectivity index (χ3n) is 5.98. The first kappa shape index (κ1) is 14.5. The van der Waals surface area contributed by atoms with Crippen LogP contribution in [0.25, 0.3) is 0 Å². The van der Waals surface area contributed by atoms with Crippen LogP contribution in [0.1, 0.15) is 57.1 Å². The number of nitrogens with zero attached hydrogens (tertiary/aromatic N) is 2. The molecule has 0 saturated heterocycles. The maximum atomic E-state index is 6.20. The maximum Gasteiger partial charge on any atom is 0.0795 e. The summed E-state index contributed by atoms with van der Waals surface area (Å²) >= 11 is 1.68. The summed E-state index contributed by atoms with van der Waals surface area (Å²) in [6.45, 7) is 1.72. The largest absolute Gasteiger partial charge is 0.329 e. The van der Waals surface area contributed by atoms with Crippen LogP contribution in [0, 0.1) is 5.41 Å². The van der Waals surface area contributed by atoms with Gasteiger partial charge in [0.2, 0.25) is 0 Å². The predicted molar refractivity (Wildman–Crippen MR) is 84.7 cm³/mol. The maximum absolute atomic E-state index is 6.20. The van der Waals surface area contributed by atoms with E-state index < -0.39 is 0 Å². The lowest BCUT2D eigenvalue weighted by molar-refractivity contribution is 0.0252. The molecule has 112 valence electrons. The molecular weight excluding hydrogens is 266 g/mol. The molecule has 1 heterocycles. The van der Waals surface area contributed by atoms with Crippen molar-refractivity contribution in [3.63, 3.8) is 0 Å². The summed E-state index contributed by atoms with van der Waals surface area (Å²) in [7, 11) is 2.23. The second-order valence-electron chi connectivity index (χ2n) is 6.97. The molecule has 20 heavy (non-hydrogen) atoms. The van der Waals surface area contributed by atoms with E-state index in [2.05, 4.69) is 22.3 Å². The lowest BCUT2D eigenvalue weighted by Crippen LogP contribution is -2.54. The van der Waals surface area contributed by atoms with Crippen LogP contribution < -0.4 is 5.73 Å². The molecule has 0 amide bonds. The van der Waals surface area contributed by atoms with Crippen LogP contribution in [0.5, 0.6) is 0 Å². The highest BCUT2D eigenvalue weighted by atomic mass is 32.1. The molecule has 0 bridgehead atoms. The van der Waals surface area contributed by atoms with E-state index in [0.29, 0.717) is 5.41 Å². The van der Waals surface area contributed by atoms with Gasteiger partial charge in [-0.15, -0.1) is 11.3 Å². The molecule has 1 aromatic rings. The van der Waals surface area contributed by atoms with E-state index >= 15 is 0 Å². The third kappa shape index (κ3) is 2.66. The minimum Gasteiger partial charge on any atom is -0.329 e. The zero-order chi connectivity index (χ0) is 14.1. The highest BCUT2D eigenvalue weighted by Crippen LogP contribution is 2.52. The van der Waals surface area contributed by atoms with E-state index in [1.807, 2.05) is 5.51 Å². The Morgan fingerprint density at radius 1 is 1.20 bits per heavy atom. The zero-order valence-corrected chi connectivity index (χ0v) is 13.4. The van der Waals surface area contributed by atoms with E-state index in [1.165, 1.54) is 57.1 Å². The van der Waals surface area contributed by atoms with Crippen molar-refractivity contribution in [2.75, 3.05) is 13.6 Å². The number of nitrogens with two attached hydrogens (primary N) is 1. The second-order valence-corrected chi connectivity index (χ2v) is 7.69. The van der Waals surface area contributed by atoms with E-state index in [-0.39, 0.29) is 5.54 Å². The summed E-state index contributed by atoms with van der Waals surface area (Å²) in [6.07, 6.45) is 11.1. The van der Waals surface area contributed by atoms with Crippen molar-refractivity contribution in [2.24, 2.45) is 11.1 Å². The van der Waals surface area contributed by atoms with Crippen LogP contribution in [0.2, 0.25) is 0 Å². The van der Waals surface area contributed by atoms with Crippen LogP contribution in [-0.4, -0.2) is 29.0 Å². The van der Waals surface area contributed by atoms with Gasteiger partial charge in [-0.25, -0.2) is 4.98 Å². The Morgan fingerprint density at radius 2 is 1.90 bits per heavy atom. The highest BCUT2D eigenvalue weighted by molar-refractivity contribution is 7.07. The molecule has 2 N–H and O–H groups in total. The summed E-state index contributed by atoms with van der Waals surface area (Å²) in [4.78, 5) is 6.90. The number of hydrogen-bond acceptors (Lipinski definition) is 4. The number of aromatic nitrogens is 1. The summed E-state index contributed by atoms with van der Waals surface area (Å²) in [5.41, 5.74) is 10.2. The van der Waals surface area contributed by atoms with E-state index in [4.69, 9.17) is 5.73 Å². The Balaban J connectivity index is 1.66. The average molecular weight is 293 g/mol. The summed E-state index contributed by atoms with van der Waals surface area (Å²) < 4.78 is 0. The van der Waals surface area contributed by atoms with Crippen LogP contribution >= 0.6 is 11.3 Å². The Labute approximate surface area is 126 Å². The lowest BCUT2D eigenvalue weighted by Gasteiger charge is -2.49. The third-order valence-corrected chi connectivity index (χ3v) is 6.61. The second kappa shape index (κ2) is 5.74. The molecule has 2 fully saturated rings. The molecule has 3 nitrogen and oxygen atoms in total. The van der Waals surface area contributed by atoms with Gasteiger partial charge in [-0.05, 0) is 51.0 Å². The average Bonchev–Trinajstić information content (AvgIpc) is 3.13. The predicted octanol–water partition coefficient (Wildman–Crippen LogP) is 3.41. The van der Waals surface area contributed by atoms with Gasteiger partial charge in [-0.1, -0.05) is 12.8 Å². The summed E-state index contributed by atoms with van der Waals surface area (Å²) in [5, 5.41) is 2.15. The molecule has 2 aliphatic rings. The van der Waals surface area contributed by atoms with Gasteiger partial charge in [0.25, 0.3) is 0 Å². The Bertz CT molecular complexity index is 413. The first-order valence-corrected chi connectivity index (χ1v) is 8.91. The van der Waals surface area contributed by atoms with Crippen molar-refractivity contribution in [1.82, 2.24) is 9.88 Å². The fourth-order valence-corrected chi connectivity index (χ4v) is 4.89. The lowest BCUT2D eigenvalue weighted by atomic mass is 9.66. The van der Waals surface area contributed by atoms with Crippen LogP contribution in [0.3, 0.4) is 0 Å². The van der Waals surface area contributed by atoms with Crippen molar-refractivity contribution in [3.8, 4) is 0 Å². The zero-order valence-electron chi connectivity index (χ0n) is 12.6. The van der Waals surface area contributed by atoms with Gasteiger partial charge in [-0.3, -0.25) is 4.90 Å². The molecule has 1 spiro atoms. The molecule has 4 heteroatoms. The van der Waals surface area contributed by atoms with E-state index in [1.54, 1.807) is 11.3 Å². The minimum atomic E-state index is 0.206. The monoisotopic (exact) mass is 293 g/mol. The number of hydrogen-bond donors (Lipinski definition) is 1. The molecule has 0 radical (unpaired) electrons. The first-order chi connectivity index (χ1) is 9.68. The van der Waals surface area contributed by atoms with E-state index in [0.717, 1.165) is 13.1 Å². The summed E-state index contributed by atoms with van der Waals surface area (Å²) in [5.74, 6) is 0. The normalized spacial score (nSPS) is 24.6. The number of thiazole rings is 1. The van der Waals surface area contributed by atoms with Crippen molar-refractivity contribution in [3.05, 3.63) is 16.6 Å². The SMILES string of the molecule is CN(Cc1cscn1)C1(CN)CCC2(CCCC2)CC1. The Morgan fingerprint density at radius 3 is 2.45 bits per heavy atom. The van der Waals surface area contributed by atoms with Gasteiger partial charge in [0, 0.05) is 24.0 Å². The smallest absolute Gasteiger partial charge is 0.0795 e. The van der Waals surface area contributed by atoms with Gasteiger partial charge < -0.3 is 5.73 Å². The minimum absolute atomic E-state index is 0.206. The quantitative estimate of drug-likeness (QED) is 0.925. The summed E-state index contributed by atoms with van der Waals surface area (Å²) in [6, 6.07) is 0. The fraction of sp³-hybridized carbons (Fsp3) is 0.812. The van der Waals surface area contributed by atoms with Crippen molar-refractivity contribution in [2.45, 2.75) is 63.5 Å². The van der Waals surface area contributed by atoms with Crippen LogP contribution in [-0.2, 0) is 6.54 Å². The molecule has 0 aromatic carbocycles. The molecule has 0 atom stereocenters. The van der Waals surface area contributed by atoms with Gasteiger partial charge in [0.15, 0.2) is 0 Å². The van der Waals surface area contributed by atoms with Crippen molar-refractivity contribution < 1.29 is 0 Å². The van der Waals surface area contributed by atoms with Crippen molar-refractivity contribution >= 4 is 11.3 Å². The Kier molecular flexibility index (Phi) is 4.16. The van der Waals surface area contributed by atoms with Crippen LogP contribution in [0.4, 0.5) is 0 Å². The van der Waals surface area contributed by atoms with Crippen LogP contribution in [0.15, 0.2) is 10.9 Å². The molecular formula is C16H27N3S. The first-order valence-electron chi connectivity index (χ1n) is 7.97. The van der Waals surface area contributed by atoms with Gasteiger partial charge in [0.05, 0.1) is 11.2 Å². The van der Waals surface area contributed by atoms with Gasteiger partial charge in [-0.2, -0.15) is 0 Å². The molecule has 2 saturated carbocycles. The molecule has 0 aliphatic heterocycles.